The summed E-state index contributed by atoms with van der Waals surface area (Å²) in [4.78, 5) is 27.5. The minimum Gasteiger partial charge on any atom is -0.322 e. The molecule has 146 valence electrons. The monoisotopic (exact) mass is 384 g/mol. The molecule has 1 aliphatic heterocycles. The maximum Gasteiger partial charge on any atom is 0.258 e. The molecule has 2 amide bonds. The van der Waals surface area contributed by atoms with Gasteiger partial charge < -0.3 is 10.2 Å². The van der Waals surface area contributed by atoms with Crippen molar-refractivity contribution in [2.24, 2.45) is 0 Å². The van der Waals surface area contributed by atoms with Crippen LogP contribution in [0, 0.1) is 13.8 Å². The van der Waals surface area contributed by atoms with E-state index >= 15 is 0 Å². The molecule has 4 nitrogen and oxygen atoms in total. The molecule has 4 heteroatoms. The Kier molecular flexibility index (Phi) is 5.17. The van der Waals surface area contributed by atoms with Crippen molar-refractivity contribution in [3.8, 4) is 0 Å². The molecular formula is C25H24N2O2. The van der Waals surface area contributed by atoms with E-state index in [9.17, 15) is 9.59 Å². The first kappa shape index (κ1) is 18.9. The van der Waals surface area contributed by atoms with E-state index in [-0.39, 0.29) is 11.8 Å². The van der Waals surface area contributed by atoms with Gasteiger partial charge in [0.15, 0.2) is 0 Å². The van der Waals surface area contributed by atoms with Crippen LogP contribution in [0.15, 0.2) is 66.7 Å². The normalized spacial score (nSPS) is 13.0. The number of hydrogen-bond acceptors (Lipinski definition) is 2. The Labute approximate surface area is 171 Å². The molecule has 0 bridgehead atoms. The molecule has 0 spiro atoms. The second-order valence-corrected chi connectivity index (χ2v) is 7.54. The van der Waals surface area contributed by atoms with Crippen molar-refractivity contribution >= 4 is 23.2 Å². The van der Waals surface area contributed by atoms with Crippen LogP contribution in [0.4, 0.5) is 11.4 Å². The van der Waals surface area contributed by atoms with Gasteiger partial charge in [-0.25, -0.2) is 0 Å². The predicted molar refractivity (Wildman–Crippen MR) is 117 cm³/mol. The number of amides is 2. The minimum absolute atomic E-state index is 0.000897. The van der Waals surface area contributed by atoms with Crippen molar-refractivity contribution in [1.29, 1.82) is 0 Å². The van der Waals surface area contributed by atoms with Crippen molar-refractivity contribution in [1.82, 2.24) is 0 Å². The van der Waals surface area contributed by atoms with Crippen LogP contribution in [0.5, 0.6) is 0 Å². The third-order valence-corrected chi connectivity index (χ3v) is 5.36. The molecular weight excluding hydrogens is 360 g/mol. The van der Waals surface area contributed by atoms with Crippen molar-refractivity contribution < 1.29 is 9.59 Å². The molecule has 0 aromatic heterocycles. The van der Waals surface area contributed by atoms with Gasteiger partial charge in [-0.05, 0) is 74.2 Å². The summed E-state index contributed by atoms with van der Waals surface area (Å²) in [5.74, 6) is -0.134. The number of carbonyl (C=O) groups is 2. The lowest BCUT2D eigenvalue weighted by Gasteiger charge is -2.30. The first-order valence-electron chi connectivity index (χ1n) is 9.91. The highest BCUT2D eigenvalue weighted by atomic mass is 16.2. The van der Waals surface area contributed by atoms with Crippen LogP contribution in [-0.2, 0) is 6.42 Å². The van der Waals surface area contributed by atoms with Gasteiger partial charge in [-0.3, -0.25) is 9.59 Å². The first-order valence-corrected chi connectivity index (χ1v) is 9.91. The van der Waals surface area contributed by atoms with Crippen LogP contribution < -0.4 is 10.2 Å². The van der Waals surface area contributed by atoms with Crippen LogP contribution in [0.25, 0.3) is 0 Å². The summed E-state index contributed by atoms with van der Waals surface area (Å²) < 4.78 is 0. The Morgan fingerprint density at radius 3 is 2.45 bits per heavy atom. The predicted octanol–water partition coefficient (Wildman–Crippen LogP) is 5.15. The van der Waals surface area contributed by atoms with Gasteiger partial charge in [0, 0.05) is 29.0 Å². The second-order valence-electron chi connectivity index (χ2n) is 7.54. The molecule has 3 aromatic rings. The number of fused-ring (bicyclic) bond motifs is 1. The Bertz CT molecular complexity index is 1070. The van der Waals surface area contributed by atoms with E-state index in [2.05, 4.69) is 11.4 Å². The van der Waals surface area contributed by atoms with Gasteiger partial charge in [-0.15, -0.1) is 0 Å². The van der Waals surface area contributed by atoms with Crippen LogP contribution >= 0.6 is 0 Å². The molecule has 0 atom stereocenters. The number of hydrogen-bond donors (Lipinski definition) is 1. The SMILES string of the molecule is Cc1ccc(NC(=O)c2ccc3c(c2)CCCN3C(=O)c2ccccc2)c(C)c1. The number of aryl methyl sites for hydroxylation is 3. The maximum atomic E-state index is 12.9. The number of anilines is 2. The fourth-order valence-electron chi connectivity index (χ4n) is 3.83. The lowest BCUT2D eigenvalue weighted by molar-refractivity contribution is 0.0984. The van der Waals surface area contributed by atoms with E-state index < -0.39 is 0 Å². The number of benzene rings is 3. The number of carbonyl (C=O) groups excluding carboxylic acids is 2. The smallest absolute Gasteiger partial charge is 0.258 e. The molecule has 3 aromatic carbocycles. The largest absolute Gasteiger partial charge is 0.322 e. The molecule has 1 aliphatic rings. The molecule has 4 rings (SSSR count). The zero-order valence-electron chi connectivity index (χ0n) is 16.7. The summed E-state index contributed by atoms with van der Waals surface area (Å²) in [6.45, 7) is 4.71. The molecule has 1 N–H and O–H groups in total. The van der Waals surface area contributed by atoms with Crippen LogP contribution in [0.2, 0.25) is 0 Å². The van der Waals surface area contributed by atoms with Gasteiger partial charge >= 0.3 is 0 Å². The molecule has 0 saturated carbocycles. The van der Waals surface area contributed by atoms with E-state index in [0.717, 1.165) is 40.9 Å². The summed E-state index contributed by atoms with van der Waals surface area (Å²) >= 11 is 0. The van der Waals surface area contributed by atoms with Crippen molar-refractivity contribution in [3.05, 3.63) is 94.5 Å². The molecule has 1 heterocycles. The van der Waals surface area contributed by atoms with Crippen molar-refractivity contribution in [2.45, 2.75) is 26.7 Å². The van der Waals surface area contributed by atoms with Gasteiger partial charge in [0.25, 0.3) is 11.8 Å². The van der Waals surface area contributed by atoms with Gasteiger partial charge in [0.1, 0.15) is 0 Å². The van der Waals surface area contributed by atoms with Crippen LogP contribution in [0.1, 0.15) is 43.8 Å². The zero-order valence-corrected chi connectivity index (χ0v) is 16.7. The zero-order chi connectivity index (χ0) is 20.4. The topological polar surface area (TPSA) is 49.4 Å². The highest BCUT2D eigenvalue weighted by molar-refractivity contribution is 6.08. The average molecular weight is 384 g/mol. The molecule has 0 radical (unpaired) electrons. The van der Waals surface area contributed by atoms with Gasteiger partial charge in [-0.1, -0.05) is 35.9 Å². The van der Waals surface area contributed by atoms with Crippen molar-refractivity contribution in [2.75, 3.05) is 16.8 Å². The quantitative estimate of drug-likeness (QED) is 0.679. The number of rotatable bonds is 3. The summed E-state index contributed by atoms with van der Waals surface area (Å²) in [7, 11) is 0. The Morgan fingerprint density at radius 2 is 1.69 bits per heavy atom. The van der Waals surface area contributed by atoms with Gasteiger partial charge in [-0.2, -0.15) is 0 Å². The fourth-order valence-corrected chi connectivity index (χ4v) is 3.83. The van der Waals surface area contributed by atoms with Crippen molar-refractivity contribution in [3.63, 3.8) is 0 Å². The highest BCUT2D eigenvalue weighted by Gasteiger charge is 2.24. The average Bonchev–Trinajstić information content (AvgIpc) is 2.75. The lowest BCUT2D eigenvalue weighted by atomic mass is 9.98. The molecule has 0 fully saturated rings. The lowest BCUT2D eigenvalue weighted by Crippen LogP contribution is -2.35. The maximum absolute atomic E-state index is 12.9. The summed E-state index contributed by atoms with van der Waals surface area (Å²) in [6, 6.07) is 20.9. The number of nitrogens with one attached hydrogen (secondary N) is 1. The van der Waals surface area contributed by atoms with Gasteiger partial charge in [0.05, 0.1) is 0 Å². The summed E-state index contributed by atoms with van der Waals surface area (Å²) in [6.07, 6.45) is 1.74. The van der Waals surface area contributed by atoms with E-state index in [1.165, 1.54) is 0 Å². The third kappa shape index (κ3) is 3.92. The minimum atomic E-state index is -0.133. The molecule has 29 heavy (non-hydrogen) atoms. The third-order valence-electron chi connectivity index (χ3n) is 5.36. The van der Waals surface area contributed by atoms with E-state index in [4.69, 9.17) is 0 Å². The Morgan fingerprint density at radius 1 is 0.897 bits per heavy atom. The highest BCUT2D eigenvalue weighted by Crippen LogP contribution is 2.30. The Balaban J connectivity index is 1.58. The van der Waals surface area contributed by atoms with Crippen LogP contribution in [-0.4, -0.2) is 18.4 Å². The number of nitrogens with zero attached hydrogens (tertiary/aromatic N) is 1. The summed E-state index contributed by atoms with van der Waals surface area (Å²) in [5, 5.41) is 3.00. The Hall–Kier alpha value is -3.40. The second kappa shape index (κ2) is 7.92. The standard InChI is InChI=1S/C25H24N2O2/c1-17-10-12-22(18(2)15-17)26-24(28)21-11-13-23-20(16-21)9-6-14-27(23)25(29)19-7-4-3-5-8-19/h3-5,7-8,10-13,15-16H,6,9,14H2,1-2H3,(H,26,28). The molecule has 0 aliphatic carbocycles. The van der Waals surface area contributed by atoms with Crippen LogP contribution in [0.3, 0.4) is 0 Å². The molecule has 0 saturated heterocycles. The summed E-state index contributed by atoms with van der Waals surface area (Å²) in [5.41, 5.74) is 6.24. The molecule has 0 unspecified atom stereocenters. The first-order chi connectivity index (χ1) is 14.0. The van der Waals surface area contributed by atoms with Gasteiger partial charge in [0.2, 0.25) is 0 Å². The fraction of sp³-hybridized carbons (Fsp3) is 0.200. The van der Waals surface area contributed by atoms with E-state index in [1.54, 1.807) is 6.07 Å². The van der Waals surface area contributed by atoms with E-state index in [1.807, 2.05) is 73.3 Å². The van der Waals surface area contributed by atoms with E-state index in [0.29, 0.717) is 17.7 Å².